The van der Waals surface area contributed by atoms with Crippen LogP contribution >= 0.6 is 7.82 Å². The van der Waals surface area contributed by atoms with Crippen LogP contribution in [0.3, 0.4) is 0 Å². The average Bonchev–Trinajstić information content (AvgIpc) is 3.24. The van der Waals surface area contributed by atoms with Gasteiger partial charge in [-0.05, 0) is 64.2 Å². The molecular weight excluding hydrogens is 813 g/mol. The highest BCUT2D eigenvalue weighted by Crippen LogP contribution is 2.47. The summed E-state index contributed by atoms with van der Waals surface area (Å²) in [5, 5.41) is 74.4. The van der Waals surface area contributed by atoms with E-state index in [1.54, 1.807) is 6.08 Å². The Labute approximate surface area is 374 Å². The Morgan fingerprint density at radius 3 is 1.47 bits per heavy atom. The zero-order valence-electron chi connectivity index (χ0n) is 38.3. The number of unbranched alkanes of at least 4 members (excludes halogenated alkanes) is 20. The smallest absolute Gasteiger partial charge is 0.393 e. The maximum absolute atomic E-state index is 13.0. The van der Waals surface area contributed by atoms with Crippen molar-refractivity contribution in [3.63, 3.8) is 0 Å². The monoisotopic (exact) mass is 902 g/mol. The lowest BCUT2D eigenvalue weighted by Crippen LogP contribution is -2.64. The highest BCUT2D eigenvalue weighted by molar-refractivity contribution is 7.47. The van der Waals surface area contributed by atoms with Crippen LogP contribution in [0, 0.1) is 0 Å². The van der Waals surface area contributed by atoms with Gasteiger partial charge in [-0.2, -0.15) is 0 Å². The van der Waals surface area contributed by atoms with Gasteiger partial charge in [-0.25, -0.2) is 4.57 Å². The molecule has 9 N–H and O–H groups in total. The highest BCUT2D eigenvalue weighted by atomic mass is 31.2. The van der Waals surface area contributed by atoms with Crippen LogP contribution in [0.4, 0.5) is 0 Å². The van der Waals surface area contributed by atoms with Crippen molar-refractivity contribution in [3.8, 4) is 0 Å². The maximum Gasteiger partial charge on any atom is 0.472 e. The second kappa shape index (κ2) is 37.5. The van der Waals surface area contributed by atoms with Gasteiger partial charge < -0.3 is 46.0 Å². The number of hydrogen-bond acceptors (Lipinski definition) is 11. The average molecular weight is 902 g/mol. The van der Waals surface area contributed by atoms with Gasteiger partial charge in [-0.3, -0.25) is 13.8 Å². The quantitative estimate of drug-likeness (QED) is 0.0161. The minimum atomic E-state index is -5.15. The fourth-order valence-corrected chi connectivity index (χ4v) is 8.34. The van der Waals surface area contributed by atoms with Crippen LogP contribution in [0.2, 0.25) is 0 Å². The number of carbonyl (C=O) groups is 1. The summed E-state index contributed by atoms with van der Waals surface area (Å²) in [5.74, 6) is -0.614. The number of nitrogens with one attached hydrogen (secondary N) is 1. The second-order valence-corrected chi connectivity index (χ2v) is 18.5. The molecule has 1 saturated carbocycles. The second-order valence-electron chi connectivity index (χ2n) is 17.1. The fraction of sp³-hybridized carbons (Fsp3) is 0.812. The molecule has 0 aromatic heterocycles. The van der Waals surface area contributed by atoms with Crippen molar-refractivity contribution < 1.29 is 59.0 Å². The zero-order valence-corrected chi connectivity index (χ0v) is 39.2. The summed E-state index contributed by atoms with van der Waals surface area (Å²) in [7, 11) is -5.15. The Hall–Kier alpha value is -1.74. The summed E-state index contributed by atoms with van der Waals surface area (Å²) in [6, 6.07) is -1.27. The van der Waals surface area contributed by atoms with Crippen molar-refractivity contribution in [2.45, 2.75) is 242 Å². The van der Waals surface area contributed by atoms with E-state index in [2.05, 4.69) is 49.5 Å². The molecule has 0 saturated heterocycles. The number of hydrogen-bond donors (Lipinski definition) is 9. The van der Waals surface area contributed by atoms with E-state index in [4.69, 9.17) is 9.05 Å². The first-order valence-corrected chi connectivity index (χ1v) is 25.7. The number of rotatable bonds is 39. The number of carbonyl (C=O) groups excluding carboxylic acids is 1. The van der Waals surface area contributed by atoms with E-state index in [9.17, 15) is 50.0 Å². The lowest BCUT2D eigenvalue weighted by molar-refractivity contribution is -0.220. The Bertz CT molecular complexity index is 1250. The first-order chi connectivity index (χ1) is 29.8. The molecule has 0 aromatic rings. The molecule has 14 heteroatoms. The predicted octanol–water partition coefficient (Wildman–Crippen LogP) is 8.31. The Balaban J connectivity index is 2.50. The third-order valence-electron chi connectivity index (χ3n) is 11.4. The molecule has 8 unspecified atom stereocenters. The normalized spacial score (nSPS) is 23.5. The van der Waals surface area contributed by atoms with Crippen LogP contribution < -0.4 is 5.32 Å². The molecule has 13 nitrogen and oxygen atoms in total. The Kier molecular flexibility index (Phi) is 35.2. The Morgan fingerprint density at radius 2 is 0.968 bits per heavy atom. The van der Waals surface area contributed by atoms with Crippen molar-refractivity contribution in [3.05, 3.63) is 48.6 Å². The topological polar surface area (TPSA) is 226 Å². The van der Waals surface area contributed by atoms with Crippen molar-refractivity contribution in [1.29, 1.82) is 0 Å². The van der Waals surface area contributed by atoms with Crippen LogP contribution in [0.1, 0.15) is 187 Å². The summed E-state index contributed by atoms with van der Waals surface area (Å²) in [6.07, 6.45) is 30.7. The molecule has 8 atom stereocenters. The van der Waals surface area contributed by atoms with E-state index < -0.39 is 75.2 Å². The first kappa shape index (κ1) is 58.3. The maximum atomic E-state index is 13.0. The van der Waals surface area contributed by atoms with Crippen molar-refractivity contribution in [1.82, 2.24) is 5.32 Å². The molecule has 0 aromatic carbocycles. The largest absolute Gasteiger partial charge is 0.472 e. The van der Waals surface area contributed by atoms with Gasteiger partial charge in [0, 0.05) is 0 Å². The van der Waals surface area contributed by atoms with Crippen LogP contribution in [0.15, 0.2) is 48.6 Å². The van der Waals surface area contributed by atoms with Gasteiger partial charge in [0.1, 0.15) is 36.6 Å². The third kappa shape index (κ3) is 28.9. The molecule has 1 rings (SSSR count). The third-order valence-corrected chi connectivity index (χ3v) is 12.3. The van der Waals surface area contributed by atoms with Crippen LogP contribution in [0.25, 0.3) is 0 Å². The predicted molar refractivity (Wildman–Crippen MR) is 247 cm³/mol. The number of amides is 1. The molecule has 62 heavy (non-hydrogen) atoms. The number of phosphoric ester groups is 1. The zero-order chi connectivity index (χ0) is 45.9. The van der Waals surface area contributed by atoms with E-state index in [1.165, 1.54) is 89.5 Å². The molecular formula is C48H88NO12P. The molecule has 0 aliphatic heterocycles. The van der Waals surface area contributed by atoms with Crippen molar-refractivity contribution in [2.24, 2.45) is 0 Å². The van der Waals surface area contributed by atoms with Gasteiger partial charge >= 0.3 is 7.82 Å². The van der Waals surface area contributed by atoms with Crippen LogP contribution in [0.5, 0.6) is 0 Å². The summed E-state index contributed by atoms with van der Waals surface area (Å²) in [6.45, 7) is 3.67. The van der Waals surface area contributed by atoms with E-state index in [-0.39, 0.29) is 6.42 Å². The van der Waals surface area contributed by atoms with Crippen molar-refractivity contribution in [2.75, 3.05) is 6.61 Å². The molecule has 362 valence electrons. The van der Waals surface area contributed by atoms with Crippen molar-refractivity contribution >= 4 is 13.7 Å². The number of allylic oxidation sites excluding steroid dienone is 7. The SMILES string of the molecule is CCCC/C=C/CC/C=C/CC/C=C/C(O)C(COP(=O)(O)OC1C(O)C(O)C(O)C(O)C1O)NC(=O)CC(O)CCCCCCC/C=C\CCCCCCCCCCCCC. The summed E-state index contributed by atoms with van der Waals surface area (Å²) >= 11 is 0. The van der Waals surface area contributed by atoms with Gasteiger partial charge in [0.05, 0.1) is 31.3 Å². The summed E-state index contributed by atoms with van der Waals surface area (Å²) < 4.78 is 22.8. The van der Waals surface area contributed by atoms with Crippen LogP contribution in [-0.4, -0.2) is 108 Å². The molecule has 1 fully saturated rings. The first-order valence-electron chi connectivity index (χ1n) is 24.2. The lowest BCUT2D eigenvalue weighted by atomic mass is 9.85. The number of aliphatic hydroxyl groups is 7. The standard InChI is InChI=1S/C48H88NO12P/c1-3-5-7-9-11-13-15-17-18-19-20-21-22-23-24-25-27-29-31-33-35-39(50)37-42(52)49-40(41(51)36-34-32-30-28-26-16-14-12-10-8-6-4-2)38-60-62(58,59)61-48-46(56)44(54)43(53)45(55)47(48)57/h10,12,22-23,26,28,34,36,39-41,43-48,50-51,53-57H,3-9,11,13-21,24-25,27,29-33,35,37-38H2,1-2H3,(H,49,52)(H,58,59)/b12-10+,23-22-,28-26+,36-34+. The Morgan fingerprint density at radius 1 is 0.565 bits per heavy atom. The van der Waals surface area contributed by atoms with E-state index in [0.717, 1.165) is 64.2 Å². The minimum Gasteiger partial charge on any atom is -0.393 e. The van der Waals surface area contributed by atoms with Crippen LogP contribution in [-0.2, 0) is 18.4 Å². The molecule has 1 aliphatic rings. The van der Waals surface area contributed by atoms with Gasteiger partial charge in [0.2, 0.25) is 5.91 Å². The molecule has 0 spiro atoms. The van der Waals surface area contributed by atoms with Gasteiger partial charge in [0.15, 0.2) is 0 Å². The van der Waals surface area contributed by atoms with Gasteiger partial charge in [0.25, 0.3) is 0 Å². The van der Waals surface area contributed by atoms with E-state index >= 15 is 0 Å². The van der Waals surface area contributed by atoms with E-state index in [0.29, 0.717) is 19.3 Å². The summed E-state index contributed by atoms with van der Waals surface area (Å²) in [5.41, 5.74) is 0. The molecule has 1 amide bonds. The van der Waals surface area contributed by atoms with Gasteiger partial charge in [-0.15, -0.1) is 0 Å². The molecule has 0 heterocycles. The summed E-state index contributed by atoms with van der Waals surface area (Å²) in [4.78, 5) is 23.4. The minimum absolute atomic E-state index is 0.263. The number of aliphatic hydroxyl groups excluding tert-OH is 7. The fourth-order valence-electron chi connectivity index (χ4n) is 7.37. The molecule has 0 bridgehead atoms. The lowest BCUT2D eigenvalue weighted by Gasteiger charge is -2.41. The van der Waals surface area contributed by atoms with Gasteiger partial charge in [-0.1, -0.05) is 165 Å². The molecule has 0 radical (unpaired) electrons. The molecule has 1 aliphatic carbocycles. The highest BCUT2D eigenvalue weighted by Gasteiger charge is 2.51. The van der Waals surface area contributed by atoms with E-state index in [1.807, 2.05) is 6.08 Å². The number of phosphoric acid groups is 1.